The van der Waals surface area contributed by atoms with Crippen LogP contribution in [0.2, 0.25) is 0 Å². The molecule has 0 saturated carbocycles. The van der Waals surface area contributed by atoms with Gasteiger partial charge in [0.2, 0.25) is 11.7 Å². The number of rotatable bonds is 3. The SMILES string of the molecule is FC(F)(F)c1nn(Cc2nc(-c3ccccn3)no2)c2c1CCCC2. The summed E-state index contributed by atoms with van der Waals surface area (Å²) in [5, 5.41) is 7.63. The molecule has 25 heavy (non-hydrogen) atoms. The van der Waals surface area contributed by atoms with Crippen molar-refractivity contribution in [3.63, 3.8) is 0 Å². The van der Waals surface area contributed by atoms with Crippen LogP contribution in [0.25, 0.3) is 11.5 Å². The third-order valence-electron chi connectivity index (χ3n) is 4.17. The molecule has 3 heterocycles. The Morgan fingerprint density at radius 1 is 1.16 bits per heavy atom. The lowest BCUT2D eigenvalue weighted by molar-refractivity contribution is -0.142. The lowest BCUT2D eigenvalue weighted by atomic mass is 9.95. The fraction of sp³-hybridized carbons (Fsp3) is 0.375. The standard InChI is InChI=1S/C16H14F3N5O/c17-16(18,19)14-10-5-1-2-7-12(10)24(22-14)9-13-21-15(23-25-13)11-6-3-4-8-20-11/h3-4,6,8H,1-2,5,7,9H2. The summed E-state index contributed by atoms with van der Waals surface area (Å²) >= 11 is 0. The molecule has 0 radical (unpaired) electrons. The molecule has 9 heteroatoms. The highest BCUT2D eigenvalue weighted by molar-refractivity contribution is 5.47. The zero-order valence-electron chi connectivity index (χ0n) is 13.1. The minimum absolute atomic E-state index is 0.0121. The van der Waals surface area contributed by atoms with Crippen LogP contribution >= 0.6 is 0 Å². The molecule has 0 aromatic carbocycles. The van der Waals surface area contributed by atoms with Gasteiger partial charge in [-0.05, 0) is 37.8 Å². The Morgan fingerprint density at radius 2 is 2.00 bits per heavy atom. The molecule has 3 aromatic rings. The number of aromatic nitrogens is 5. The summed E-state index contributed by atoms with van der Waals surface area (Å²) in [5.41, 5.74) is 0.641. The van der Waals surface area contributed by atoms with E-state index in [0.29, 0.717) is 35.6 Å². The van der Waals surface area contributed by atoms with Crippen molar-refractivity contribution in [1.29, 1.82) is 0 Å². The summed E-state index contributed by atoms with van der Waals surface area (Å²) in [6.07, 6.45) is -0.302. The zero-order chi connectivity index (χ0) is 17.4. The molecule has 0 fully saturated rings. The Hall–Kier alpha value is -2.71. The molecule has 1 aliphatic rings. The molecule has 0 atom stereocenters. The predicted octanol–water partition coefficient (Wildman–Crippen LogP) is 3.27. The smallest absolute Gasteiger partial charge is 0.337 e. The molecule has 1 aliphatic carbocycles. The quantitative estimate of drug-likeness (QED) is 0.726. The minimum atomic E-state index is -4.46. The van der Waals surface area contributed by atoms with Crippen LogP contribution in [0.15, 0.2) is 28.9 Å². The number of fused-ring (bicyclic) bond motifs is 1. The fourth-order valence-electron chi connectivity index (χ4n) is 3.08. The molecule has 3 aromatic heterocycles. The van der Waals surface area contributed by atoms with Crippen LogP contribution in [0.3, 0.4) is 0 Å². The van der Waals surface area contributed by atoms with Crippen LogP contribution in [0.1, 0.15) is 35.7 Å². The van der Waals surface area contributed by atoms with Gasteiger partial charge in [0.1, 0.15) is 12.2 Å². The first-order chi connectivity index (χ1) is 12.0. The van der Waals surface area contributed by atoms with Crippen molar-refractivity contribution in [3.8, 4) is 11.5 Å². The fourth-order valence-corrected chi connectivity index (χ4v) is 3.08. The van der Waals surface area contributed by atoms with Crippen LogP contribution in [0, 0.1) is 0 Å². The highest BCUT2D eigenvalue weighted by Gasteiger charge is 2.39. The third kappa shape index (κ3) is 3.01. The summed E-state index contributed by atoms with van der Waals surface area (Å²) in [6.45, 7) is 0.0121. The van der Waals surface area contributed by atoms with Gasteiger partial charge in [-0.3, -0.25) is 9.67 Å². The molecule has 6 nitrogen and oxygen atoms in total. The van der Waals surface area contributed by atoms with Crippen molar-refractivity contribution < 1.29 is 17.7 Å². The van der Waals surface area contributed by atoms with Gasteiger partial charge in [0, 0.05) is 17.5 Å². The lowest BCUT2D eigenvalue weighted by Gasteiger charge is -2.14. The molecule has 4 rings (SSSR count). The molecule has 0 unspecified atom stereocenters. The first-order valence-electron chi connectivity index (χ1n) is 7.92. The van der Waals surface area contributed by atoms with Gasteiger partial charge >= 0.3 is 6.18 Å². The second-order valence-corrected chi connectivity index (χ2v) is 5.86. The van der Waals surface area contributed by atoms with Crippen molar-refractivity contribution >= 4 is 0 Å². The average molecular weight is 349 g/mol. The van der Waals surface area contributed by atoms with E-state index in [1.54, 1.807) is 24.4 Å². The molecular weight excluding hydrogens is 335 g/mol. The van der Waals surface area contributed by atoms with Crippen molar-refractivity contribution in [2.75, 3.05) is 0 Å². The topological polar surface area (TPSA) is 69.6 Å². The van der Waals surface area contributed by atoms with Crippen LogP contribution in [0.5, 0.6) is 0 Å². The van der Waals surface area contributed by atoms with E-state index in [0.717, 1.165) is 12.8 Å². The number of hydrogen-bond acceptors (Lipinski definition) is 5. The Labute approximate surface area is 140 Å². The van der Waals surface area contributed by atoms with E-state index >= 15 is 0 Å². The highest BCUT2D eigenvalue weighted by Crippen LogP contribution is 2.36. The highest BCUT2D eigenvalue weighted by atomic mass is 19.4. The number of nitrogens with zero attached hydrogens (tertiary/aromatic N) is 5. The Balaban J connectivity index is 1.65. The molecular formula is C16H14F3N5O. The van der Waals surface area contributed by atoms with Gasteiger partial charge in [-0.2, -0.15) is 23.3 Å². The van der Waals surface area contributed by atoms with E-state index in [2.05, 4.69) is 20.2 Å². The van der Waals surface area contributed by atoms with Gasteiger partial charge in [-0.15, -0.1) is 0 Å². The van der Waals surface area contributed by atoms with Gasteiger partial charge in [0.15, 0.2) is 5.69 Å². The molecule has 130 valence electrons. The predicted molar refractivity (Wildman–Crippen MR) is 80.5 cm³/mol. The summed E-state index contributed by atoms with van der Waals surface area (Å²) in [6, 6.07) is 5.28. The van der Waals surface area contributed by atoms with E-state index in [4.69, 9.17) is 4.52 Å². The Bertz CT molecular complexity index is 885. The molecule has 0 N–H and O–H groups in total. The minimum Gasteiger partial charge on any atom is -0.337 e. The number of halogens is 3. The number of pyridine rings is 1. The van der Waals surface area contributed by atoms with E-state index in [-0.39, 0.29) is 12.4 Å². The molecule has 0 amide bonds. The maximum atomic E-state index is 13.2. The summed E-state index contributed by atoms with van der Waals surface area (Å²) in [7, 11) is 0. The van der Waals surface area contributed by atoms with Gasteiger partial charge in [0.05, 0.1) is 0 Å². The van der Waals surface area contributed by atoms with Crippen LogP contribution in [-0.4, -0.2) is 24.9 Å². The van der Waals surface area contributed by atoms with Crippen molar-refractivity contribution in [3.05, 3.63) is 47.2 Å². The first-order valence-corrected chi connectivity index (χ1v) is 7.92. The van der Waals surface area contributed by atoms with E-state index in [1.165, 1.54) is 4.68 Å². The van der Waals surface area contributed by atoms with Crippen molar-refractivity contribution in [2.45, 2.75) is 38.4 Å². The monoisotopic (exact) mass is 349 g/mol. The zero-order valence-corrected chi connectivity index (χ0v) is 13.1. The van der Waals surface area contributed by atoms with E-state index < -0.39 is 11.9 Å². The summed E-state index contributed by atoms with van der Waals surface area (Å²) in [4.78, 5) is 8.33. The number of alkyl halides is 3. The largest absolute Gasteiger partial charge is 0.435 e. The van der Waals surface area contributed by atoms with E-state index in [9.17, 15) is 13.2 Å². The Kier molecular flexibility index (Phi) is 3.78. The second-order valence-electron chi connectivity index (χ2n) is 5.86. The van der Waals surface area contributed by atoms with Gasteiger partial charge in [0.25, 0.3) is 0 Å². The van der Waals surface area contributed by atoms with Gasteiger partial charge in [-0.25, -0.2) is 0 Å². The molecule has 0 bridgehead atoms. The van der Waals surface area contributed by atoms with Crippen LogP contribution in [0.4, 0.5) is 13.2 Å². The van der Waals surface area contributed by atoms with Crippen LogP contribution in [-0.2, 0) is 25.6 Å². The molecule has 0 saturated heterocycles. The van der Waals surface area contributed by atoms with Crippen molar-refractivity contribution in [1.82, 2.24) is 24.9 Å². The van der Waals surface area contributed by atoms with Gasteiger partial charge in [-0.1, -0.05) is 11.2 Å². The number of hydrogen-bond donors (Lipinski definition) is 0. The molecule has 0 spiro atoms. The second kappa shape index (κ2) is 5.98. The average Bonchev–Trinajstić information content (AvgIpc) is 3.21. The summed E-state index contributed by atoms with van der Waals surface area (Å²) < 4.78 is 46.2. The van der Waals surface area contributed by atoms with Crippen LogP contribution < -0.4 is 0 Å². The van der Waals surface area contributed by atoms with E-state index in [1.807, 2.05) is 0 Å². The maximum absolute atomic E-state index is 13.2. The normalized spacial score (nSPS) is 14.5. The van der Waals surface area contributed by atoms with Gasteiger partial charge < -0.3 is 4.52 Å². The molecule has 0 aliphatic heterocycles. The lowest BCUT2D eigenvalue weighted by Crippen LogP contribution is -2.11. The third-order valence-corrected chi connectivity index (χ3v) is 4.17. The summed E-state index contributed by atoms with van der Waals surface area (Å²) in [5.74, 6) is 0.498. The first kappa shape index (κ1) is 15.8. The van der Waals surface area contributed by atoms with Crippen molar-refractivity contribution in [2.24, 2.45) is 0 Å². The Morgan fingerprint density at radius 3 is 2.76 bits per heavy atom. The maximum Gasteiger partial charge on any atom is 0.435 e.